The Kier molecular flexibility index (Phi) is 4.44. The number of aryl methyl sites for hydroxylation is 1. The third-order valence-electron chi connectivity index (χ3n) is 4.07. The van der Waals surface area contributed by atoms with Crippen LogP contribution in [-0.4, -0.2) is 41.2 Å². The zero-order chi connectivity index (χ0) is 17.1. The van der Waals surface area contributed by atoms with Gasteiger partial charge in [-0.3, -0.25) is 15.0 Å². The molecule has 1 aromatic heterocycles. The van der Waals surface area contributed by atoms with E-state index in [0.29, 0.717) is 30.9 Å². The Hall–Kier alpha value is -2.92. The van der Waals surface area contributed by atoms with Crippen LogP contribution in [0.15, 0.2) is 28.8 Å². The molecule has 0 N–H and O–H groups in total. The molecule has 0 unspecified atom stereocenters. The molecule has 1 fully saturated rings. The van der Waals surface area contributed by atoms with Crippen LogP contribution in [0.25, 0.3) is 0 Å². The summed E-state index contributed by atoms with van der Waals surface area (Å²) in [4.78, 5) is 15.1. The van der Waals surface area contributed by atoms with E-state index < -0.39 is 4.92 Å². The molecule has 1 aliphatic heterocycles. The quantitative estimate of drug-likeness (QED) is 0.626. The molecule has 1 aliphatic rings. The van der Waals surface area contributed by atoms with Crippen LogP contribution in [0, 0.1) is 28.4 Å². The molecule has 0 aliphatic carbocycles. The molecule has 0 spiro atoms. The number of hydrogen-bond acceptors (Lipinski definition) is 7. The maximum atomic E-state index is 11.3. The van der Waals surface area contributed by atoms with Crippen LogP contribution in [0.5, 0.6) is 0 Å². The lowest BCUT2D eigenvalue weighted by atomic mass is 10.1. The zero-order valence-corrected chi connectivity index (χ0v) is 13.3. The monoisotopic (exact) mass is 327 g/mol. The van der Waals surface area contributed by atoms with E-state index in [9.17, 15) is 10.1 Å². The number of nitrogens with zero attached hydrogens (tertiary/aromatic N) is 5. The smallest absolute Gasteiger partial charge is 0.293 e. The van der Waals surface area contributed by atoms with Crippen molar-refractivity contribution < 1.29 is 9.45 Å². The van der Waals surface area contributed by atoms with Gasteiger partial charge < -0.3 is 9.42 Å². The molecule has 0 atom stereocenters. The van der Waals surface area contributed by atoms with E-state index in [0.717, 1.165) is 24.5 Å². The highest BCUT2D eigenvalue weighted by atomic mass is 16.6. The SMILES string of the molecule is Cc1cc(CN2CCN(c3ccc(C#N)cc3[N+](=O)[O-])CC2)on1. The Labute approximate surface area is 139 Å². The molecular formula is C16H17N5O3. The number of benzene rings is 1. The molecule has 8 heteroatoms. The molecule has 0 amide bonds. The van der Waals surface area contributed by atoms with Gasteiger partial charge in [0.25, 0.3) is 5.69 Å². The van der Waals surface area contributed by atoms with E-state index in [4.69, 9.17) is 9.78 Å². The first-order valence-electron chi connectivity index (χ1n) is 7.65. The first-order chi connectivity index (χ1) is 11.6. The molecule has 1 saturated heterocycles. The molecule has 1 aromatic carbocycles. The minimum Gasteiger partial charge on any atom is -0.363 e. The van der Waals surface area contributed by atoms with Crippen LogP contribution in [-0.2, 0) is 6.54 Å². The number of aromatic nitrogens is 1. The highest BCUT2D eigenvalue weighted by molar-refractivity contribution is 5.65. The van der Waals surface area contributed by atoms with Gasteiger partial charge in [0.15, 0.2) is 5.76 Å². The molecule has 8 nitrogen and oxygen atoms in total. The van der Waals surface area contributed by atoms with Gasteiger partial charge >= 0.3 is 0 Å². The fourth-order valence-corrected chi connectivity index (χ4v) is 2.86. The molecule has 0 saturated carbocycles. The highest BCUT2D eigenvalue weighted by Crippen LogP contribution is 2.30. The van der Waals surface area contributed by atoms with Crippen molar-refractivity contribution in [1.29, 1.82) is 5.26 Å². The average Bonchev–Trinajstić information content (AvgIpc) is 3.00. The van der Waals surface area contributed by atoms with Crippen molar-refractivity contribution in [2.24, 2.45) is 0 Å². The van der Waals surface area contributed by atoms with Gasteiger partial charge in [0.05, 0.1) is 28.8 Å². The van der Waals surface area contributed by atoms with Gasteiger partial charge in [-0.05, 0) is 19.1 Å². The Bertz CT molecular complexity index is 787. The summed E-state index contributed by atoms with van der Waals surface area (Å²) in [5, 5.41) is 24.1. The Morgan fingerprint density at radius 1 is 1.33 bits per heavy atom. The van der Waals surface area contributed by atoms with Crippen molar-refractivity contribution in [3.63, 3.8) is 0 Å². The molecule has 0 bridgehead atoms. The molecule has 124 valence electrons. The van der Waals surface area contributed by atoms with E-state index >= 15 is 0 Å². The van der Waals surface area contributed by atoms with Crippen LogP contribution in [0.1, 0.15) is 17.0 Å². The van der Waals surface area contributed by atoms with Crippen molar-refractivity contribution in [3.8, 4) is 6.07 Å². The lowest BCUT2D eigenvalue weighted by molar-refractivity contribution is -0.384. The first-order valence-corrected chi connectivity index (χ1v) is 7.65. The Morgan fingerprint density at radius 2 is 2.08 bits per heavy atom. The maximum Gasteiger partial charge on any atom is 0.293 e. The van der Waals surface area contributed by atoms with E-state index in [1.165, 1.54) is 6.07 Å². The summed E-state index contributed by atoms with van der Waals surface area (Å²) < 4.78 is 5.23. The number of piperazine rings is 1. The lowest BCUT2D eigenvalue weighted by Gasteiger charge is -2.35. The fourth-order valence-electron chi connectivity index (χ4n) is 2.86. The molecule has 0 radical (unpaired) electrons. The summed E-state index contributed by atoms with van der Waals surface area (Å²) >= 11 is 0. The second-order valence-corrected chi connectivity index (χ2v) is 5.77. The van der Waals surface area contributed by atoms with E-state index in [2.05, 4.69) is 10.1 Å². The van der Waals surface area contributed by atoms with Crippen LogP contribution < -0.4 is 4.90 Å². The zero-order valence-electron chi connectivity index (χ0n) is 13.3. The Balaban J connectivity index is 1.68. The number of nitro groups is 1. The van der Waals surface area contributed by atoms with E-state index in [1.54, 1.807) is 12.1 Å². The van der Waals surface area contributed by atoms with Crippen LogP contribution >= 0.6 is 0 Å². The number of hydrogen-bond donors (Lipinski definition) is 0. The predicted molar refractivity (Wildman–Crippen MR) is 86.5 cm³/mol. The molecular weight excluding hydrogens is 310 g/mol. The second kappa shape index (κ2) is 6.68. The second-order valence-electron chi connectivity index (χ2n) is 5.77. The molecule has 2 aromatic rings. The van der Waals surface area contributed by atoms with Crippen molar-refractivity contribution in [1.82, 2.24) is 10.1 Å². The minimum atomic E-state index is -0.431. The number of nitro benzene ring substituents is 1. The maximum absolute atomic E-state index is 11.3. The van der Waals surface area contributed by atoms with Gasteiger partial charge in [-0.2, -0.15) is 5.26 Å². The minimum absolute atomic E-state index is 0.0200. The van der Waals surface area contributed by atoms with Crippen molar-refractivity contribution in [3.05, 3.63) is 51.4 Å². The number of nitriles is 1. The van der Waals surface area contributed by atoms with Crippen molar-refractivity contribution in [2.75, 3.05) is 31.1 Å². The summed E-state index contributed by atoms with van der Waals surface area (Å²) in [6.45, 7) is 5.48. The van der Waals surface area contributed by atoms with Gasteiger partial charge in [-0.15, -0.1) is 0 Å². The largest absolute Gasteiger partial charge is 0.363 e. The lowest BCUT2D eigenvalue weighted by Crippen LogP contribution is -2.46. The van der Waals surface area contributed by atoms with Crippen molar-refractivity contribution >= 4 is 11.4 Å². The van der Waals surface area contributed by atoms with Gasteiger partial charge in [0, 0.05) is 38.3 Å². The summed E-state index contributed by atoms with van der Waals surface area (Å²) in [5.41, 5.74) is 1.70. The Morgan fingerprint density at radius 3 is 2.67 bits per heavy atom. The third-order valence-corrected chi connectivity index (χ3v) is 4.07. The molecule has 2 heterocycles. The van der Waals surface area contributed by atoms with E-state index in [1.807, 2.05) is 24.0 Å². The summed E-state index contributed by atoms with van der Waals surface area (Å²) in [6.07, 6.45) is 0. The molecule has 3 rings (SSSR count). The first kappa shape index (κ1) is 16.0. The van der Waals surface area contributed by atoms with Gasteiger partial charge in [0.2, 0.25) is 0 Å². The van der Waals surface area contributed by atoms with E-state index in [-0.39, 0.29) is 5.69 Å². The van der Waals surface area contributed by atoms with Gasteiger partial charge in [-0.25, -0.2) is 0 Å². The summed E-state index contributed by atoms with van der Waals surface area (Å²) in [5.74, 6) is 0.824. The third kappa shape index (κ3) is 3.36. The standard InChI is InChI=1S/C16H17N5O3/c1-12-8-14(24-18-12)11-19-4-6-20(7-5-19)15-3-2-13(10-17)9-16(15)21(22)23/h2-3,8-9H,4-7,11H2,1H3. The average molecular weight is 327 g/mol. The number of rotatable bonds is 4. The predicted octanol–water partition coefficient (Wildman–Crippen LogP) is 2.09. The fraction of sp³-hybridized carbons (Fsp3) is 0.375. The normalized spacial score (nSPS) is 15.2. The summed E-state index contributed by atoms with van der Waals surface area (Å²) in [7, 11) is 0. The summed E-state index contributed by atoms with van der Waals surface area (Å²) in [6, 6.07) is 8.46. The van der Waals surface area contributed by atoms with Crippen LogP contribution in [0.3, 0.4) is 0 Å². The van der Waals surface area contributed by atoms with Gasteiger partial charge in [0.1, 0.15) is 5.69 Å². The number of anilines is 1. The topological polar surface area (TPSA) is 99.4 Å². The van der Waals surface area contributed by atoms with Crippen LogP contribution in [0.4, 0.5) is 11.4 Å². The van der Waals surface area contributed by atoms with Crippen molar-refractivity contribution in [2.45, 2.75) is 13.5 Å². The highest BCUT2D eigenvalue weighted by Gasteiger charge is 2.24. The van der Waals surface area contributed by atoms with Crippen LogP contribution in [0.2, 0.25) is 0 Å². The molecule has 24 heavy (non-hydrogen) atoms. The van der Waals surface area contributed by atoms with Gasteiger partial charge in [-0.1, -0.05) is 5.16 Å².